The molecule has 1 unspecified atom stereocenters. The van der Waals surface area contributed by atoms with Crippen LogP contribution in [0.4, 0.5) is 0 Å². The second kappa shape index (κ2) is 5.05. The third-order valence-electron chi connectivity index (χ3n) is 2.88. The van der Waals surface area contributed by atoms with Gasteiger partial charge in [0.05, 0.1) is 12.3 Å². The van der Waals surface area contributed by atoms with Crippen LogP contribution in [-0.2, 0) is 11.3 Å². The fraction of sp³-hybridized carbons (Fsp3) is 0.727. The van der Waals surface area contributed by atoms with Gasteiger partial charge in [-0.05, 0) is 26.4 Å². The van der Waals surface area contributed by atoms with Crippen LogP contribution in [0.25, 0.3) is 0 Å². The average molecular weight is 226 g/mol. The Bertz CT molecular complexity index is 313. The van der Waals surface area contributed by atoms with E-state index in [9.17, 15) is 0 Å². The molecule has 3 nitrogen and oxygen atoms in total. The van der Waals surface area contributed by atoms with Gasteiger partial charge in [-0.15, -0.1) is 11.3 Å². The van der Waals surface area contributed by atoms with Gasteiger partial charge in [0.2, 0.25) is 0 Å². The Morgan fingerprint density at radius 2 is 2.53 bits per heavy atom. The van der Waals surface area contributed by atoms with Crippen LogP contribution in [-0.4, -0.2) is 37.1 Å². The molecule has 0 aliphatic carbocycles. The smallest absolute Gasteiger partial charge is 0.119 e. The van der Waals surface area contributed by atoms with Crippen molar-refractivity contribution in [3.8, 4) is 0 Å². The van der Waals surface area contributed by atoms with Crippen LogP contribution in [0.15, 0.2) is 5.38 Å². The molecule has 1 fully saturated rings. The number of hydrogen-bond acceptors (Lipinski definition) is 4. The Hall–Kier alpha value is -0.450. The van der Waals surface area contributed by atoms with E-state index in [2.05, 4.69) is 22.3 Å². The van der Waals surface area contributed by atoms with E-state index in [-0.39, 0.29) is 0 Å². The SMILES string of the molecule is COCc1nc(C2CCCN(C)C2)cs1. The van der Waals surface area contributed by atoms with Crippen molar-refractivity contribution >= 4 is 11.3 Å². The van der Waals surface area contributed by atoms with E-state index in [1.54, 1.807) is 18.4 Å². The van der Waals surface area contributed by atoms with Crippen LogP contribution >= 0.6 is 11.3 Å². The lowest BCUT2D eigenvalue weighted by atomic mass is 9.96. The summed E-state index contributed by atoms with van der Waals surface area (Å²) in [5.74, 6) is 0.630. The zero-order chi connectivity index (χ0) is 10.7. The summed E-state index contributed by atoms with van der Waals surface area (Å²) in [5, 5.41) is 3.29. The van der Waals surface area contributed by atoms with Crippen molar-refractivity contribution in [3.63, 3.8) is 0 Å². The maximum absolute atomic E-state index is 5.09. The molecule has 1 aliphatic heterocycles. The van der Waals surface area contributed by atoms with Gasteiger partial charge < -0.3 is 9.64 Å². The Kier molecular flexibility index (Phi) is 3.72. The summed E-state index contributed by atoms with van der Waals surface area (Å²) >= 11 is 1.71. The fourth-order valence-corrected chi connectivity index (χ4v) is 2.96. The Morgan fingerprint density at radius 1 is 1.67 bits per heavy atom. The maximum atomic E-state index is 5.09. The van der Waals surface area contributed by atoms with E-state index < -0.39 is 0 Å². The molecule has 0 N–H and O–H groups in total. The molecule has 1 saturated heterocycles. The third-order valence-corrected chi connectivity index (χ3v) is 3.72. The molecule has 15 heavy (non-hydrogen) atoms. The Balaban J connectivity index is 2.01. The van der Waals surface area contributed by atoms with Gasteiger partial charge in [0.15, 0.2) is 0 Å². The molecule has 0 aromatic carbocycles. The highest BCUT2D eigenvalue weighted by atomic mass is 32.1. The largest absolute Gasteiger partial charge is 0.378 e. The zero-order valence-corrected chi connectivity index (χ0v) is 10.2. The van der Waals surface area contributed by atoms with Gasteiger partial charge in [-0.1, -0.05) is 0 Å². The van der Waals surface area contributed by atoms with Crippen molar-refractivity contribution in [1.82, 2.24) is 9.88 Å². The molecule has 0 bridgehead atoms. The Morgan fingerprint density at radius 3 is 3.27 bits per heavy atom. The summed E-state index contributed by atoms with van der Waals surface area (Å²) in [7, 11) is 3.91. The van der Waals surface area contributed by atoms with Crippen LogP contribution in [0.3, 0.4) is 0 Å². The summed E-state index contributed by atoms with van der Waals surface area (Å²) in [5.41, 5.74) is 1.26. The predicted octanol–water partition coefficient (Wildman–Crippen LogP) is 2.10. The van der Waals surface area contributed by atoms with E-state index in [4.69, 9.17) is 4.74 Å². The number of hydrogen-bond donors (Lipinski definition) is 0. The van der Waals surface area contributed by atoms with E-state index in [1.165, 1.54) is 25.1 Å². The van der Waals surface area contributed by atoms with E-state index >= 15 is 0 Å². The lowest BCUT2D eigenvalue weighted by Crippen LogP contribution is -2.30. The number of piperidine rings is 1. The molecule has 1 aromatic rings. The Labute approximate surface area is 95.1 Å². The molecule has 1 aliphatic rings. The van der Waals surface area contributed by atoms with Gasteiger partial charge in [0, 0.05) is 25.0 Å². The summed E-state index contributed by atoms with van der Waals surface area (Å²) in [4.78, 5) is 7.02. The van der Waals surface area contributed by atoms with Crippen molar-refractivity contribution < 1.29 is 4.74 Å². The van der Waals surface area contributed by atoms with Gasteiger partial charge in [0.25, 0.3) is 0 Å². The van der Waals surface area contributed by atoms with Crippen LogP contribution < -0.4 is 0 Å². The standard InChI is InChI=1S/C11H18N2OS/c1-13-5-3-4-9(6-13)10-8-15-11(12-10)7-14-2/h8-9H,3-7H2,1-2H3. The van der Waals surface area contributed by atoms with Crippen LogP contribution in [0.2, 0.25) is 0 Å². The molecule has 2 rings (SSSR count). The number of methoxy groups -OCH3 is 1. The normalized spacial score (nSPS) is 23.2. The third kappa shape index (κ3) is 2.77. The van der Waals surface area contributed by atoms with Gasteiger partial charge in [0.1, 0.15) is 5.01 Å². The van der Waals surface area contributed by atoms with Crippen molar-refractivity contribution in [2.45, 2.75) is 25.4 Å². The van der Waals surface area contributed by atoms with Crippen LogP contribution in [0, 0.1) is 0 Å². The number of likely N-dealkylation sites (tertiary alicyclic amines) is 1. The second-order valence-corrected chi connectivity index (χ2v) is 5.14. The minimum atomic E-state index is 0.630. The molecule has 84 valence electrons. The molecule has 1 atom stereocenters. The van der Waals surface area contributed by atoms with E-state index in [0.29, 0.717) is 12.5 Å². The number of thiazole rings is 1. The maximum Gasteiger partial charge on any atom is 0.119 e. The molecule has 0 amide bonds. The number of rotatable bonds is 3. The molecule has 0 radical (unpaired) electrons. The van der Waals surface area contributed by atoms with Gasteiger partial charge in [-0.25, -0.2) is 4.98 Å². The van der Waals surface area contributed by atoms with Gasteiger partial charge >= 0.3 is 0 Å². The lowest BCUT2D eigenvalue weighted by Gasteiger charge is -2.28. The molecule has 0 saturated carbocycles. The first-order chi connectivity index (χ1) is 7.29. The summed E-state index contributed by atoms with van der Waals surface area (Å²) in [6.07, 6.45) is 2.57. The first-order valence-electron chi connectivity index (χ1n) is 5.41. The highest BCUT2D eigenvalue weighted by Crippen LogP contribution is 2.27. The van der Waals surface area contributed by atoms with E-state index in [0.717, 1.165) is 11.6 Å². The summed E-state index contributed by atoms with van der Waals surface area (Å²) in [6, 6.07) is 0. The summed E-state index contributed by atoms with van der Waals surface area (Å²) < 4.78 is 5.09. The first kappa shape index (κ1) is 11.0. The highest BCUT2D eigenvalue weighted by Gasteiger charge is 2.20. The summed E-state index contributed by atoms with van der Waals surface area (Å²) in [6.45, 7) is 3.02. The minimum absolute atomic E-state index is 0.630. The number of aromatic nitrogens is 1. The number of nitrogens with zero attached hydrogens (tertiary/aromatic N) is 2. The highest BCUT2D eigenvalue weighted by molar-refractivity contribution is 7.09. The molecule has 4 heteroatoms. The topological polar surface area (TPSA) is 25.4 Å². The molecule has 1 aromatic heterocycles. The lowest BCUT2D eigenvalue weighted by molar-refractivity contribution is 0.184. The second-order valence-electron chi connectivity index (χ2n) is 4.20. The fourth-order valence-electron chi connectivity index (χ4n) is 2.11. The molecular formula is C11H18N2OS. The van der Waals surface area contributed by atoms with Gasteiger partial charge in [-0.3, -0.25) is 0 Å². The van der Waals surface area contributed by atoms with Crippen molar-refractivity contribution in [3.05, 3.63) is 16.1 Å². The van der Waals surface area contributed by atoms with Crippen molar-refractivity contribution in [2.24, 2.45) is 0 Å². The molecule has 0 spiro atoms. The average Bonchev–Trinajstić information content (AvgIpc) is 2.67. The molecular weight excluding hydrogens is 208 g/mol. The van der Waals surface area contributed by atoms with E-state index in [1.807, 2.05) is 0 Å². The van der Waals surface area contributed by atoms with Crippen molar-refractivity contribution in [1.29, 1.82) is 0 Å². The molecule has 2 heterocycles. The van der Waals surface area contributed by atoms with Crippen LogP contribution in [0.1, 0.15) is 29.5 Å². The monoisotopic (exact) mass is 226 g/mol. The minimum Gasteiger partial charge on any atom is -0.378 e. The quantitative estimate of drug-likeness (QED) is 0.789. The van der Waals surface area contributed by atoms with Crippen LogP contribution in [0.5, 0.6) is 0 Å². The number of likely N-dealkylation sites (N-methyl/N-ethyl adjacent to an activating group) is 1. The first-order valence-corrected chi connectivity index (χ1v) is 6.29. The van der Waals surface area contributed by atoms with Crippen molar-refractivity contribution in [2.75, 3.05) is 27.2 Å². The predicted molar refractivity (Wildman–Crippen MR) is 62.3 cm³/mol. The zero-order valence-electron chi connectivity index (χ0n) is 9.40. The number of ether oxygens (including phenoxy) is 1. The van der Waals surface area contributed by atoms with Gasteiger partial charge in [-0.2, -0.15) is 0 Å².